The van der Waals surface area contributed by atoms with Crippen LogP contribution in [-0.2, 0) is 20.4 Å². The summed E-state index contributed by atoms with van der Waals surface area (Å²) >= 11 is 0. The van der Waals surface area contributed by atoms with E-state index in [1.807, 2.05) is 34.6 Å². The summed E-state index contributed by atoms with van der Waals surface area (Å²) in [5.41, 5.74) is -0.671. The minimum absolute atomic E-state index is 0.0818. The van der Waals surface area contributed by atoms with Crippen LogP contribution in [0.25, 0.3) is 0 Å². The molecule has 2 N–H and O–H groups in total. The van der Waals surface area contributed by atoms with Crippen LogP contribution in [0.1, 0.15) is 45.7 Å². The molecule has 1 atom stereocenters. The Kier molecular flexibility index (Phi) is 3.78. The van der Waals surface area contributed by atoms with Crippen molar-refractivity contribution in [3.05, 3.63) is 16.9 Å². The largest absolute Gasteiger partial charge is 0.505 e. The third-order valence-electron chi connectivity index (χ3n) is 6.21. The zero-order valence-electron chi connectivity index (χ0n) is 15.6. The van der Waals surface area contributed by atoms with Crippen LogP contribution in [-0.4, -0.2) is 32.1 Å². The maximum atomic E-state index is 15.4. The molecule has 2 aliphatic heterocycles. The van der Waals surface area contributed by atoms with Crippen LogP contribution in [0.4, 0.5) is 10.1 Å². The zero-order valence-corrected chi connectivity index (χ0v) is 16.4. The van der Waals surface area contributed by atoms with Gasteiger partial charge in [-0.2, -0.15) is 8.42 Å². The summed E-state index contributed by atoms with van der Waals surface area (Å²) in [5.74, 6) is -2.38. The van der Waals surface area contributed by atoms with E-state index in [0.717, 1.165) is 0 Å². The molecule has 7 nitrogen and oxygen atoms in total. The van der Waals surface area contributed by atoms with Gasteiger partial charge in [0.05, 0.1) is 0 Å². The van der Waals surface area contributed by atoms with Gasteiger partial charge in [-0.15, -0.1) is 0 Å². The first kappa shape index (κ1) is 18.8. The molecular formula is C17H23FN2O5S. The van der Waals surface area contributed by atoms with Crippen LogP contribution in [0.5, 0.6) is 11.5 Å². The monoisotopic (exact) mass is 386 g/mol. The molecule has 1 unspecified atom stereocenters. The van der Waals surface area contributed by atoms with Crippen molar-refractivity contribution in [2.45, 2.75) is 53.1 Å². The number of anilines is 1. The maximum absolute atomic E-state index is 15.4. The molecule has 1 aromatic rings. The van der Waals surface area contributed by atoms with Gasteiger partial charge in [-0.1, -0.05) is 27.7 Å². The lowest BCUT2D eigenvalue weighted by molar-refractivity contribution is -0.117. The molecule has 2 heterocycles. The van der Waals surface area contributed by atoms with E-state index in [1.54, 1.807) is 11.6 Å². The second-order valence-corrected chi connectivity index (χ2v) is 9.58. The van der Waals surface area contributed by atoms with E-state index in [-0.39, 0.29) is 17.3 Å². The summed E-state index contributed by atoms with van der Waals surface area (Å²) in [7, 11) is -4.26. The summed E-state index contributed by atoms with van der Waals surface area (Å²) in [6.45, 7) is 10.7. The van der Waals surface area contributed by atoms with E-state index in [2.05, 4.69) is 0 Å². The molecule has 3 rings (SSSR count). The number of amides is 1. The van der Waals surface area contributed by atoms with E-state index < -0.39 is 45.3 Å². The first-order valence-electron chi connectivity index (χ1n) is 8.29. The predicted octanol–water partition coefficient (Wildman–Crippen LogP) is 2.11. The number of phenolic OH excluding ortho intramolecular Hbond substituents is 1. The van der Waals surface area contributed by atoms with Crippen LogP contribution < -0.4 is 13.8 Å². The van der Waals surface area contributed by atoms with Crippen molar-refractivity contribution < 1.29 is 27.4 Å². The second kappa shape index (κ2) is 5.25. The van der Waals surface area contributed by atoms with Crippen molar-refractivity contribution in [2.75, 3.05) is 10.8 Å². The van der Waals surface area contributed by atoms with Crippen molar-refractivity contribution in [1.29, 1.82) is 0 Å². The molecule has 1 amide bonds. The number of fused-ring (bicyclic) bond motifs is 1. The topological polar surface area (TPSA) is 95.9 Å². The summed E-state index contributed by atoms with van der Waals surface area (Å²) < 4.78 is 47.8. The third kappa shape index (κ3) is 2.22. The molecule has 0 radical (unpaired) electrons. The molecule has 0 aromatic heterocycles. The number of phenols is 1. The van der Waals surface area contributed by atoms with Gasteiger partial charge in [0.15, 0.2) is 11.6 Å². The highest BCUT2D eigenvalue weighted by Gasteiger charge is 2.52. The lowest BCUT2D eigenvalue weighted by atomic mass is 9.59. The standard InChI is InChI=1S/C17H23FN2O5S/c1-8-11-15(25-9(2)16(3,4)17(11,5)6)12(18)13(14(8)22)20-7-10(21)19-26(20,23)24/h9,22H,7H2,1-6H3,(H,19,21). The van der Waals surface area contributed by atoms with Gasteiger partial charge in [0.2, 0.25) is 0 Å². The number of carbonyl (C=O) groups is 1. The van der Waals surface area contributed by atoms with Gasteiger partial charge in [-0.3, -0.25) is 4.79 Å². The molecule has 2 aliphatic rings. The number of nitrogens with one attached hydrogen (secondary N) is 1. The normalized spacial score (nSPS) is 25.4. The van der Waals surface area contributed by atoms with E-state index >= 15 is 4.39 Å². The van der Waals surface area contributed by atoms with Crippen molar-refractivity contribution >= 4 is 21.8 Å². The summed E-state index contributed by atoms with van der Waals surface area (Å²) in [6, 6.07) is 0. The molecular weight excluding hydrogens is 363 g/mol. The fourth-order valence-corrected chi connectivity index (χ4v) is 4.84. The molecule has 1 aromatic carbocycles. The van der Waals surface area contributed by atoms with E-state index in [4.69, 9.17) is 4.74 Å². The molecule has 1 fully saturated rings. The van der Waals surface area contributed by atoms with Gasteiger partial charge in [0.1, 0.15) is 24.1 Å². The number of halogens is 1. The van der Waals surface area contributed by atoms with Crippen molar-refractivity contribution in [1.82, 2.24) is 4.72 Å². The third-order valence-corrected chi connectivity index (χ3v) is 7.58. The smallest absolute Gasteiger partial charge is 0.326 e. The predicted molar refractivity (Wildman–Crippen MR) is 94.1 cm³/mol. The number of hydrogen-bond donors (Lipinski definition) is 2. The Balaban J connectivity index is 2.34. The van der Waals surface area contributed by atoms with E-state index in [1.165, 1.54) is 0 Å². The van der Waals surface area contributed by atoms with Crippen molar-refractivity contribution in [2.24, 2.45) is 5.41 Å². The van der Waals surface area contributed by atoms with Crippen LogP contribution >= 0.6 is 0 Å². The molecule has 26 heavy (non-hydrogen) atoms. The lowest BCUT2D eigenvalue weighted by Gasteiger charge is -2.51. The van der Waals surface area contributed by atoms with Gasteiger partial charge in [-0.25, -0.2) is 13.4 Å². The SMILES string of the molecule is Cc1c(O)c(N2CC(=O)NS2(=O)=O)c(F)c2c1C(C)(C)C(C)(C)C(C)O2. The number of benzene rings is 1. The Labute approximate surface area is 152 Å². The average Bonchev–Trinajstić information content (AvgIpc) is 2.76. The van der Waals surface area contributed by atoms with Crippen molar-refractivity contribution in [3.8, 4) is 11.5 Å². The van der Waals surface area contributed by atoms with Crippen LogP contribution in [0.2, 0.25) is 0 Å². The Bertz CT molecular complexity index is 924. The summed E-state index contributed by atoms with van der Waals surface area (Å²) in [5, 5.41) is 10.6. The van der Waals surface area contributed by atoms with Gasteiger partial charge in [0.25, 0.3) is 5.91 Å². The molecule has 1 saturated heterocycles. The van der Waals surface area contributed by atoms with Gasteiger partial charge in [-0.05, 0) is 13.8 Å². The highest BCUT2D eigenvalue weighted by Crippen LogP contribution is 2.57. The van der Waals surface area contributed by atoms with Gasteiger partial charge in [0, 0.05) is 22.0 Å². The molecule has 9 heteroatoms. The highest BCUT2D eigenvalue weighted by molar-refractivity contribution is 7.92. The lowest BCUT2D eigenvalue weighted by Crippen LogP contribution is -2.51. The molecule has 0 saturated carbocycles. The Morgan fingerprint density at radius 2 is 1.88 bits per heavy atom. The van der Waals surface area contributed by atoms with Gasteiger partial charge >= 0.3 is 10.2 Å². The van der Waals surface area contributed by atoms with Crippen LogP contribution in [0.3, 0.4) is 0 Å². The Morgan fingerprint density at radius 1 is 1.31 bits per heavy atom. The fourth-order valence-electron chi connectivity index (χ4n) is 3.68. The van der Waals surface area contributed by atoms with Crippen molar-refractivity contribution in [3.63, 3.8) is 0 Å². The summed E-state index contributed by atoms with van der Waals surface area (Å²) in [6.07, 6.45) is -0.355. The van der Waals surface area contributed by atoms with E-state index in [0.29, 0.717) is 15.4 Å². The first-order chi connectivity index (χ1) is 11.7. The number of carbonyl (C=O) groups excluding carboxylic acids is 1. The Morgan fingerprint density at radius 3 is 2.38 bits per heavy atom. The molecule has 0 bridgehead atoms. The Hall–Kier alpha value is -2.03. The quantitative estimate of drug-likeness (QED) is 0.771. The number of hydrogen-bond acceptors (Lipinski definition) is 5. The molecule has 0 spiro atoms. The molecule has 0 aliphatic carbocycles. The molecule has 144 valence electrons. The summed E-state index contributed by atoms with van der Waals surface area (Å²) in [4.78, 5) is 11.5. The van der Waals surface area contributed by atoms with Gasteiger partial charge < -0.3 is 9.84 Å². The highest BCUT2D eigenvalue weighted by atomic mass is 32.2. The first-order valence-corrected chi connectivity index (χ1v) is 9.73. The fraction of sp³-hybridized carbons (Fsp3) is 0.588. The van der Waals surface area contributed by atoms with Crippen LogP contribution in [0, 0.1) is 18.2 Å². The second-order valence-electron chi connectivity index (χ2n) is 7.98. The van der Waals surface area contributed by atoms with Crippen LogP contribution in [0.15, 0.2) is 0 Å². The number of ether oxygens (including phenoxy) is 1. The maximum Gasteiger partial charge on any atom is 0.326 e. The number of rotatable bonds is 1. The zero-order chi connectivity index (χ0) is 19.8. The minimum atomic E-state index is -4.26. The number of nitrogens with zero attached hydrogens (tertiary/aromatic N) is 1. The van der Waals surface area contributed by atoms with E-state index in [9.17, 15) is 18.3 Å². The average molecular weight is 386 g/mol. The minimum Gasteiger partial charge on any atom is -0.505 e. The number of aromatic hydroxyl groups is 1.